The molecule has 2 N–H and O–H groups in total. The molecule has 9 heteroatoms. The van der Waals surface area contributed by atoms with Crippen LogP contribution in [-0.2, 0) is 18.4 Å². The van der Waals surface area contributed by atoms with Gasteiger partial charge in [-0.25, -0.2) is 0 Å². The number of hydrogen-bond acceptors (Lipinski definition) is 6. The van der Waals surface area contributed by atoms with Crippen molar-refractivity contribution in [1.29, 1.82) is 0 Å². The van der Waals surface area contributed by atoms with E-state index in [4.69, 9.17) is 9.05 Å². The molecule has 0 rings (SSSR count). The lowest BCUT2D eigenvalue weighted by Gasteiger charge is -2.30. The molecule has 0 heterocycles. The fraction of sp³-hybridized carbons (Fsp3) is 0.871. The van der Waals surface area contributed by atoms with E-state index >= 15 is 0 Å². The van der Waals surface area contributed by atoms with Gasteiger partial charge < -0.3 is 28.8 Å². The van der Waals surface area contributed by atoms with Crippen LogP contribution in [0.4, 0.5) is 0 Å². The molecule has 0 aliphatic carbocycles. The molecule has 0 aromatic rings. The molecular formula is C70H135N2O6P. The SMILES string of the molecule is CC/C=C\C/C=C\C/C=C\C/C=C\CCCCCCCCCCCCCCCCCCCCCCCCC(=O)NC(COP(=O)([O-])OCC[N+](C)(C)C)C(O)CCCCCCCCCCCCCCCCCCCCCCCC. The molecule has 0 aliphatic heterocycles. The maximum atomic E-state index is 13.1. The Morgan fingerprint density at radius 1 is 0.456 bits per heavy atom. The number of aliphatic hydroxyl groups excluding tert-OH is 1. The standard InChI is InChI=1S/C70H135N2O6P/c1-6-8-10-12-14-16-18-20-22-24-26-28-30-31-32-33-34-35-36-37-38-39-40-41-42-44-46-48-50-52-54-56-58-60-62-64-70(74)71-68(67-78-79(75,76)77-66-65-72(3,4)5)69(73)63-61-59-57-55-53-51-49-47-45-43-29-27-25-23-21-19-17-15-13-11-9-7-2/h8,10,14,16,20,22,26,28,68-69,73H,6-7,9,11-13,15,17-19,21,23-25,27,29-67H2,1-5H3,(H-,71,74,75,76)/b10-8-,16-14-,22-20-,28-26-. The van der Waals surface area contributed by atoms with Crippen molar-refractivity contribution in [1.82, 2.24) is 5.32 Å². The average molecular weight is 1130 g/mol. The van der Waals surface area contributed by atoms with Gasteiger partial charge >= 0.3 is 0 Å². The minimum atomic E-state index is -4.58. The third-order valence-electron chi connectivity index (χ3n) is 15.8. The predicted octanol–water partition coefficient (Wildman–Crippen LogP) is 21.2. The van der Waals surface area contributed by atoms with Crippen LogP contribution in [0.5, 0.6) is 0 Å². The summed E-state index contributed by atoms with van der Waals surface area (Å²) in [6, 6.07) is -0.800. The van der Waals surface area contributed by atoms with Crippen LogP contribution in [0.25, 0.3) is 0 Å². The third-order valence-corrected chi connectivity index (χ3v) is 16.8. The van der Waals surface area contributed by atoms with E-state index in [0.717, 1.165) is 64.2 Å². The normalized spacial score (nSPS) is 14.0. The Bertz CT molecular complexity index is 1430. The minimum Gasteiger partial charge on any atom is -0.756 e. The first-order valence-electron chi connectivity index (χ1n) is 34.5. The van der Waals surface area contributed by atoms with Crippen molar-refractivity contribution in [2.45, 2.75) is 353 Å². The van der Waals surface area contributed by atoms with Crippen molar-refractivity contribution in [2.24, 2.45) is 0 Å². The molecule has 0 aromatic heterocycles. The van der Waals surface area contributed by atoms with Gasteiger partial charge in [-0.2, -0.15) is 0 Å². The minimum absolute atomic E-state index is 0.0141. The summed E-state index contributed by atoms with van der Waals surface area (Å²) in [5.41, 5.74) is 0. The number of allylic oxidation sites excluding steroid dienone is 8. The topological polar surface area (TPSA) is 108 Å². The molecular weight excluding hydrogens is 996 g/mol. The van der Waals surface area contributed by atoms with E-state index in [-0.39, 0.29) is 19.1 Å². The van der Waals surface area contributed by atoms with Crippen LogP contribution in [0.1, 0.15) is 341 Å². The zero-order valence-corrected chi connectivity index (χ0v) is 54.2. The van der Waals surface area contributed by atoms with Crippen molar-refractivity contribution < 1.29 is 32.9 Å². The number of phosphoric acid groups is 1. The second-order valence-electron chi connectivity index (χ2n) is 24.9. The first-order chi connectivity index (χ1) is 38.5. The fourth-order valence-corrected chi connectivity index (χ4v) is 11.2. The van der Waals surface area contributed by atoms with Gasteiger partial charge in [0.1, 0.15) is 13.2 Å². The zero-order valence-electron chi connectivity index (χ0n) is 53.3. The highest BCUT2D eigenvalue weighted by molar-refractivity contribution is 7.45. The molecule has 0 saturated heterocycles. The molecule has 1 amide bonds. The number of hydrogen-bond donors (Lipinski definition) is 2. The smallest absolute Gasteiger partial charge is 0.268 e. The van der Waals surface area contributed by atoms with Crippen molar-refractivity contribution in [2.75, 3.05) is 40.9 Å². The largest absolute Gasteiger partial charge is 0.756 e. The Kier molecular flexibility index (Phi) is 59.8. The molecule has 8 nitrogen and oxygen atoms in total. The van der Waals surface area contributed by atoms with Crippen LogP contribution in [-0.4, -0.2) is 68.5 Å². The first kappa shape index (κ1) is 77.5. The molecule has 0 aromatic carbocycles. The number of amides is 1. The van der Waals surface area contributed by atoms with Crippen LogP contribution < -0.4 is 10.2 Å². The number of aliphatic hydroxyl groups is 1. The van der Waals surface area contributed by atoms with Gasteiger partial charge in [0, 0.05) is 6.42 Å². The highest BCUT2D eigenvalue weighted by atomic mass is 31.2. The second kappa shape index (κ2) is 61.0. The molecule has 79 heavy (non-hydrogen) atoms. The van der Waals surface area contributed by atoms with Crippen molar-refractivity contribution in [3.05, 3.63) is 48.6 Å². The number of nitrogens with zero attached hydrogens (tertiary/aromatic N) is 1. The summed E-state index contributed by atoms with van der Waals surface area (Å²) in [5, 5.41) is 14.1. The summed E-state index contributed by atoms with van der Waals surface area (Å²) >= 11 is 0. The maximum absolute atomic E-state index is 13.1. The summed E-state index contributed by atoms with van der Waals surface area (Å²) in [5.74, 6) is -0.158. The van der Waals surface area contributed by atoms with Gasteiger partial charge in [-0.05, 0) is 51.4 Å². The lowest BCUT2D eigenvalue weighted by atomic mass is 10.0. The fourth-order valence-electron chi connectivity index (χ4n) is 10.5. The van der Waals surface area contributed by atoms with Crippen LogP contribution >= 0.6 is 7.82 Å². The summed E-state index contributed by atoms with van der Waals surface area (Å²) < 4.78 is 23.5. The maximum Gasteiger partial charge on any atom is 0.268 e. The molecule has 0 fully saturated rings. The monoisotopic (exact) mass is 1130 g/mol. The number of likely N-dealkylation sites (N-methyl/N-ethyl adjacent to an activating group) is 1. The van der Waals surface area contributed by atoms with Gasteiger partial charge in [0.25, 0.3) is 7.82 Å². The number of carbonyl (C=O) groups excluding carboxylic acids is 1. The van der Waals surface area contributed by atoms with E-state index < -0.39 is 20.0 Å². The number of quaternary nitrogens is 1. The van der Waals surface area contributed by atoms with E-state index in [9.17, 15) is 19.4 Å². The van der Waals surface area contributed by atoms with Gasteiger partial charge in [-0.3, -0.25) is 9.36 Å². The predicted molar refractivity (Wildman–Crippen MR) is 344 cm³/mol. The quantitative estimate of drug-likeness (QED) is 0.0272. The van der Waals surface area contributed by atoms with E-state index in [1.807, 2.05) is 21.1 Å². The van der Waals surface area contributed by atoms with Gasteiger partial charge in [-0.15, -0.1) is 0 Å². The van der Waals surface area contributed by atoms with Crippen LogP contribution in [0.15, 0.2) is 48.6 Å². The lowest BCUT2D eigenvalue weighted by Crippen LogP contribution is -2.46. The van der Waals surface area contributed by atoms with Gasteiger partial charge in [-0.1, -0.05) is 332 Å². The molecule has 0 saturated carbocycles. The van der Waals surface area contributed by atoms with Crippen molar-refractivity contribution in [3.8, 4) is 0 Å². The Morgan fingerprint density at radius 3 is 1.13 bits per heavy atom. The van der Waals surface area contributed by atoms with E-state index in [0.29, 0.717) is 23.9 Å². The number of nitrogens with one attached hydrogen (secondary N) is 1. The van der Waals surface area contributed by atoms with E-state index in [1.54, 1.807) is 0 Å². The zero-order chi connectivity index (χ0) is 57.7. The van der Waals surface area contributed by atoms with Crippen molar-refractivity contribution in [3.63, 3.8) is 0 Å². The number of phosphoric ester groups is 1. The molecule has 0 radical (unpaired) electrons. The summed E-state index contributed by atoms with van der Waals surface area (Å²) in [6.07, 6.45) is 81.8. The summed E-state index contributed by atoms with van der Waals surface area (Å²) in [6.45, 7) is 4.66. The number of unbranched alkanes of at least 4 members (excludes halogenated alkanes) is 43. The molecule has 0 bridgehead atoms. The number of carbonyl (C=O) groups is 1. The van der Waals surface area contributed by atoms with Gasteiger partial charge in [0.05, 0.1) is 39.9 Å². The van der Waals surface area contributed by atoms with Crippen LogP contribution in [0, 0.1) is 0 Å². The summed E-state index contributed by atoms with van der Waals surface area (Å²) in [4.78, 5) is 25.7. The van der Waals surface area contributed by atoms with E-state index in [2.05, 4.69) is 67.8 Å². The molecule has 3 atom stereocenters. The Hall–Kier alpha value is -1.54. The Balaban J connectivity index is 3.97. The van der Waals surface area contributed by atoms with Gasteiger partial charge in [0.15, 0.2) is 0 Å². The lowest BCUT2D eigenvalue weighted by molar-refractivity contribution is -0.870. The molecule has 0 aliphatic rings. The third kappa shape index (κ3) is 63.9. The van der Waals surface area contributed by atoms with Crippen molar-refractivity contribution >= 4 is 13.7 Å². The Morgan fingerprint density at radius 2 is 0.772 bits per heavy atom. The van der Waals surface area contributed by atoms with Gasteiger partial charge in [0.2, 0.25) is 5.91 Å². The summed E-state index contributed by atoms with van der Waals surface area (Å²) in [7, 11) is 1.32. The average Bonchev–Trinajstić information content (AvgIpc) is 3.42. The molecule has 3 unspecified atom stereocenters. The van der Waals surface area contributed by atoms with Crippen LogP contribution in [0.2, 0.25) is 0 Å². The first-order valence-corrected chi connectivity index (χ1v) is 35.9. The highest BCUT2D eigenvalue weighted by Crippen LogP contribution is 2.38. The molecule has 466 valence electrons. The molecule has 0 spiro atoms. The van der Waals surface area contributed by atoms with E-state index in [1.165, 1.54) is 250 Å². The second-order valence-corrected chi connectivity index (χ2v) is 26.3. The number of rotatable bonds is 64. The highest BCUT2D eigenvalue weighted by Gasteiger charge is 2.24. The Labute approximate surface area is 492 Å². The van der Waals surface area contributed by atoms with Crippen LogP contribution in [0.3, 0.4) is 0 Å².